The molecule has 3 nitrogen and oxygen atoms in total. The van der Waals surface area contributed by atoms with Gasteiger partial charge in [0.05, 0.1) is 18.8 Å². The minimum atomic E-state index is -0.415. The van der Waals surface area contributed by atoms with Crippen molar-refractivity contribution in [3.8, 4) is 5.75 Å². The predicted molar refractivity (Wildman–Crippen MR) is 75.1 cm³/mol. The molecule has 0 spiro atoms. The van der Waals surface area contributed by atoms with Crippen LogP contribution in [-0.2, 0) is 4.74 Å². The number of aryl methyl sites for hydroxylation is 2. The predicted octanol–water partition coefficient (Wildman–Crippen LogP) is 3.13. The molecule has 0 bridgehead atoms. The Balaban J connectivity index is 3.23. The molecular weight excluding hydrogens is 226 g/mol. The van der Waals surface area contributed by atoms with E-state index in [2.05, 4.69) is 19.9 Å². The van der Waals surface area contributed by atoms with Crippen molar-refractivity contribution < 1.29 is 9.47 Å². The summed E-state index contributed by atoms with van der Waals surface area (Å²) < 4.78 is 11.2. The molecule has 3 heteroatoms. The van der Waals surface area contributed by atoms with Gasteiger partial charge in [-0.2, -0.15) is 0 Å². The summed E-state index contributed by atoms with van der Waals surface area (Å²) in [7, 11) is 1.68. The number of methoxy groups -OCH3 is 1. The van der Waals surface area contributed by atoms with Crippen LogP contribution in [0.25, 0.3) is 0 Å². The third-order valence-electron chi connectivity index (χ3n) is 3.29. The van der Waals surface area contributed by atoms with E-state index in [0.29, 0.717) is 6.61 Å². The highest BCUT2D eigenvalue weighted by Gasteiger charge is 2.31. The van der Waals surface area contributed by atoms with Gasteiger partial charge in [-0.3, -0.25) is 0 Å². The first-order chi connectivity index (χ1) is 8.33. The molecule has 0 fully saturated rings. The van der Waals surface area contributed by atoms with E-state index in [1.54, 1.807) is 7.11 Å². The maximum absolute atomic E-state index is 6.38. The van der Waals surface area contributed by atoms with Gasteiger partial charge in [0.15, 0.2) is 0 Å². The molecule has 102 valence electrons. The summed E-state index contributed by atoms with van der Waals surface area (Å²) in [5.41, 5.74) is 9.32. The number of ether oxygens (including phenoxy) is 2. The molecule has 0 aliphatic heterocycles. The third kappa shape index (κ3) is 3.03. The van der Waals surface area contributed by atoms with Gasteiger partial charge < -0.3 is 15.2 Å². The Morgan fingerprint density at radius 1 is 1.28 bits per heavy atom. The SMILES string of the molecule is CCOC(C)(C)C(N)c1c(C)cc(C)cc1OC. The van der Waals surface area contributed by atoms with Crippen LogP contribution in [0.15, 0.2) is 12.1 Å². The van der Waals surface area contributed by atoms with Crippen LogP contribution < -0.4 is 10.5 Å². The molecule has 0 amide bonds. The fourth-order valence-electron chi connectivity index (χ4n) is 2.32. The van der Waals surface area contributed by atoms with E-state index in [1.807, 2.05) is 26.8 Å². The second-order valence-electron chi connectivity index (χ2n) is 5.21. The van der Waals surface area contributed by atoms with Crippen LogP contribution in [0.3, 0.4) is 0 Å². The Morgan fingerprint density at radius 2 is 1.89 bits per heavy atom. The Kier molecular flexibility index (Phi) is 4.77. The van der Waals surface area contributed by atoms with Crippen LogP contribution in [0.4, 0.5) is 0 Å². The monoisotopic (exact) mass is 251 g/mol. The van der Waals surface area contributed by atoms with Crippen molar-refractivity contribution in [1.82, 2.24) is 0 Å². The molecule has 1 rings (SSSR count). The topological polar surface area (TPSA) is 44.5 Å². The summed E-state index contributed by atoms with van der Waals surface area (Å²) in [6.45, 7) is 10.8. The largest absolute Gasteiger partial charge is 0.496 e. The lowest BCUT2D eigenvalue weighted by Crippen LogP contribution is -2.38. The van der Waals surface area contributed by atoms with Crippen LogP contribution >= 0.6 is 0 Å². The highest BCUT2D eigenvalue weighted by Crippen LogP contribution is 2.35. The second kappa shape index (κ2) is 5.72. The highest BCUT2D eigenvalue weighted by molar-refractivity contribution is 5.45. The molecule has 1 aromatic carbocycles. The first-order valence-corrected chi connectivity index (χ1v) is 6.38. The summed E-state index contributed by atoms with van der Waals surface area (Å²) in [4.78, 5) is 0. The number of hydrogen-bond acceptors (Lipinski definition) is 3. The van der Waals surface area contributed by atoms with Crippen molar-refractivity contribution >= 4 is 0 Å². The third-order valence-corrected chi connectivity index (χ3v) is 3.29. The fourth-order valence-corrected chi connectivity index (χ4v) is 2.32. The van der Waals surface area contributed by atoms with Crippen LogP contribution in [0, 0.1) is 13.8 Å². The van der Waals surface area contributed by atoms with E-state index in [9.17, 15) is 0 Å². The smallest absolute Gasteiger partial charge is 0.124 e. The zero-order valence-corrected chi connectivity index (χ0v) is 12.3. The zero-order chi connectivity index (χ0) is 13.9. The minimum Gasteiger partial charge on any atom is -0.496 e. The van der Waals surface area contributed by atoms with Crippen LogP contribution in [0.2, 0.25) is 0 Å². The standard InChI is InChI=1S/C15H25NO2/c1-7-18-15(4,5)14(16)13-11(3)8-10(2)9-12(13)17-6/h8-9,14H,7,16H2,1-6H3. The van der Waals surface area contributed by atoms with E-state index in [-0.39, 0.29) is 6.04 Å². The van der Waals surface area contributed by atoms with Gasteiger partial charge in [0.25, 0.3) is 0 Å². The van der Waals surface area contributed by atoms with Gasteiger partial charge in [0.1, 0.15) is 5.75 Å². The first kappa shape index (κ1) is 15.0. The molecule has 0 aliphatic carbocycles. The summed E-state index contributed by atoms with van der Waals surface area (Å²) in [6, 6.07) is 3.93. The molecule has 0 radical (unpaired) electrons. The molecule has 0 aromatic heterocycles. The van der Waals surface area contributed by atoms with E-state index in [0.717, 1.165) is 16.9 Å². The van der Waals surface area contributed by atoms with E-state index >= 15 is 0 Å². The maximum Gasteiger partial charge on any atom is 0.124 e. The maximum atomic E-state index is 6.38. The molecule has 1 aromatic rings. The summed E-state index contributed by atoms with van der Waals surface area (Å²) in [5.74, 6) is 0.841. The Morgan fingerprint density at radius 3 is 2.39 bits per heavy atom. The Bertz CT molecular complexity index is 413. The van der Waals surface area contributed by atoms with Gasteiger partial charge in [0.2, 0.25) is 0 Å². The van der Waals surface area contributed by atoms with Crippen molar-refractivity contribution in [2.75, 3.05) is 13.7 Å². The van der Waals surface area contributed by atoms with E-state index in [1.165, 1.54) is 5.56 Å². The molecule has 1 atom stereocenters. The molecule has 0 heterocycles. The first-order valence-electron chi connectivity index (χ1n) is 6.38. The number of benzene rings is 1. The minimum absolute atomic E-state index is 0.215. The molecule has 18 heavy (non-hydrogen) atoms. The quantitative estimate of drug-likeness (QED) is 0.874. The molecule has 2 N–H and O–H groups in total. The van der Waals surface area contributed by atoms with Crippen molar-refractivity contribution in [3.05, 3.63) is 28.8 Å². The van der Waals surface area contributed by atoms with E-state index < -0.39 is 5.60 Å². The molecule has 0 saturated heterocycles. The van der Waals surface area contributed by atoms with Gasteiger partial charge in [-0.15, -0.1) is 0 Å². The molecular formula is C15H25NO2. The van der Waals surface area contributed by atoms with Gasteiger partial charge in [-0.25, -0.2) is 0 Å². The van der Waals surface area contributed by atoms with E-state index in [4.69, 9.17) is 15.2 Å². The lowest BCUT2D eigenvalue weighted by atomic mass is 9.88. The van der Waals surface area contributed by atoms with Crippen LogP contribution in [0.1, 0.15) is 43.5 Å². The van der Waals surface area contributed by atoms with Gasteiger partial charge in [0, 0.05) is 12.2 Å². The lowest BCUT2D eigenvalue weighted by molar-refractivity contribution is -0.0303. The normalized spacial score (nSPS) is 13.5. The average Bonchev–Trinajstić information content (AvgIpc) is 2.27. The highest BCUT2D eigenvalue weighted by atomic mass is 16.5. The Labute approximate surface area is 110 Å². The zero-order valence-electron chi connectivity index (χ0n) is 12.3. The van der Waals surface area contributed by atoms with Crippen molar-refractivity contribution in [2.24, 2.45) is 5.73 Å². The molecule has 0 saturated carbocycles. The average molecular weight is 251 g/mol. The number of hydrogen-bond donors (Lipinski definition) is 1. The van der Waals surface area contributed by atoms with Crippen LogP contribution in [0.5, 0.6) is 5.75 Å². The summed E-state index contributed by atoms with van der Waals surface area (Å²) in [6.07, 6.45) is 0. The van der Waals surface area contributed by atoms with Crippen molar-refractivity contribution in [3.63, 3.8) is 0 Å². The number of rotatable bonds is 5. The summed E-state index contributed by atoms with van der Waals surface area (Å²) >= 11 is 0. The second-order valence-corrected chi connectivity index (χ2v) is 5.21. The Hall–Kier alpha value is -1.06. The van der Waals surface area contributed by atoms with Crippen molar-refractivity contribution in [1.29, 1.82) is 0 Å². The summed E-state index contributed by atoms with van der Waals surface area (Å²) in [5, 5.41) is 0. The lowest BCUT2D eigenvalue weighted by Gasteiger charge is -2.33. The molecule has 1 unspecified atom stereocenters. The fraction of sp³-hybridized carbons (Fsp3) is 0.600. The van der Waals surface area contributed by atoms with Gasteiger partial charge in [-0.05, 0) is 51.8 Å². The van der Waals surface area contributed by atoms with Crippen LogP contribution in [-0.4, -0.2) is 19.3 Å². The van der Waals surface area contributed by atoms with Crippen molar-refractivity contribution in [2.45, 2.75) is 46.3 Å². The number of nitrogens with two attached hydrogens (primary N) is 1. The molecule has 0 aliphatic rings. The van der Waals surface area contributed by atoms with Gasteiger partial charge in [-0.1, -0.05) is 6.07 Å². The van der Waals surface area contributed by atoms with Gasteiger partial charge >= 0.3 is 0 Å².